The molecule has 2 aromatic carbocycles. The molecule has 0 bridgehead atoms. The molecule has 1 aromatic heterocycles. The molecule has 0 atom stereocenters. The lowest BCUT2D eigenvalue weighted by Gasteiger charge is -2.12. The molecule has 5 nitrogen and oxygen atoms in total. The predicted octanol–water partition coefficient (Wildman–Crippen LogP) is 3.47. The van der Waals surface area contributed by atoms with E-state index in [2.05, 4.69) is 21.7 Å². The molecule has 26 heavy (non-hydrogen) atoms. The number of aromatic nitrogens is 2. The predicted molar refractivity (Wildman–Crippen MR) is 105 cm³/mol. The van der Waals surface area contributed by atoms with Crippen LogP contribution in [0.1, 0.15) is 11.1 Å². The molecule has 0 aliphatic heterocycles. The Labute approximate surface area is 158 Å². The Hall–Kier alpha value is -2.09. The summed E-state index contributed by atoms with van der Waals surface area (Å²) in [5, 5.41) is 0.912. The smallest absolute Gasteiger partial charge is 0.242 e. The van der Waals surface area contributed by atoms with E-state index < -0.39 is 10.0 Å². The number of imidazole rings is 1. The Morgan fingerprint density at radius 3 is 2.50 bits per heavy atom. The van der Waals surface area contributed by atoms with Crippen molar-refractivity contribution in [1.29, 1.82) is 0 Å². The van der Waals surface area contributed by atoms with E-state index in [1.54, 1.807) is 36.2 Å². The Bertz CT molecular complexity index is 967. The normalized spacial score (nSPS) is 11.8. The van der Waals surface area contributed by atoms with Crippen LogP contribution in [0.3, 0.4) is 0 Å². The van der Waals surface area contributed by atoms with Crippen molar-refractivity contribution in [3.63, 3.8) is 0 Å². The van der Waals surface area contributed by atoms with Crippen molar-refractivity contribution < 1.29 is 8.42 Å². The number of rotatable bonds is 7. The quantitative estimate of drug-likeness (QED) is 0.583. The minimum absolute atomic E-state index is 0.313. The molecule has 0 fully saturated rings. The molecule has 7 heteroatoms. The largest absolute Gasteiger partial charge is 0.322 e. The van der Waals surface area contributed by atoms with Crippen LogP contribution < -0.4 is 0 Å². The van der Waals surface area contributed by atoms with Crippen LogP contribution in [0.25, 0.3) is 0 Å². The molecule has 0 saturated carbocycles. The minimum Gasteiger partial charge on any atom is -0.322 e. The monoisotopic (exact) mass is 387 g/mol. The van der Waals surface area contributed by atoms with Crippen LogP contribution in [0, 0.1) is 0 Å². The molecule has 3 aromatic rings. The highest BCUT2D eigenvalue weighted by atomic mass is 32.2. The van der Waals surface area contributed by atoms with Gasteiger partial charge in [0.05, 0.1) is 4.90 Å². The van der Waals surface area contributed by atoms with E-state index in [1.807, 2.05) is 30.5 Å². The zero-order chi connectivity index (χ0) is 18.6. The van der Waals surface area contributed by atoms with Gasteiger partial charge in [0.25, 0.3) is 0 Å². The van der Waals surface area contributed by atoms with E-state index in [4.69, 9.17) is 0 Å². The Kier molecular flexibility index (Phi) is 5.80. The standard InChI is InChI=1S/C19H21N3O2S2/c1-21(2)26(23,24)18-10-6-9-17(13-18)15-25-19-20-11-12-22(19)14-16-7-4-3-5-8-16/h3-13H,14-15H2,1-2H3. The topological polar surface area (TPSA) is 55.2 Å². The summed E-state index contributed by atoms with van der Waals surface area (Å²) in [4.78, 5) is 4.74. The molecule has 0 aliphatic carbocycles. The van der Waals surface area contributed by atoms with Gasteiger partial charge in [-0.3, -0.25) is 0 Å². The van der Waals surface area contributed by atoms with Crippen LogP contribution in [-0.4, -0.2) is 36.4 Å². The number of nitrogens with zero attached hydrogens (tertiary/aromatic N) is 3. The molecule has 136 valence electrons. The van der Waals surface area contributed by atoms with Crippen LogP contribution in [0.2, 0.25) is 0 Å². The van der Waals surface area contributed by atoms with Crippen molar-refractivity contribution in [3.05, 3.63) is 78.1 Å². The molecule has 0 spiro atoms. The van der Waals surface area contributed by atoms with Crippen LogP contribution in [0.15, 0.2) is 77.0 Å². The third-order valence-corrected chi connectivity index (χ3v) is 6.80. The first-order chi connectivity index (χ1) is 12.5. The fourth-order valence-corrected chi connectivity index (χ4v) is 4.36. The van der Waals surface area contributed by atoms with Gasteiger partial charge >= 0.3 is 0 Å². The van der Waals surface area contributed by atoms with Gasteiger partial charge in [0.15, 0.2) is 5.16 Å². The summed E-state index contributed by atoms with van der Waals surface area (Å²) in [7, 11) is -0.339. The van der Waals surface area contributed by atoms with Gasteiger partial charge in [0.1, 0.15) is 0 Å². The number of hydrogen-bond donors (Lipinski definition) is 0. The Morgan fingerprint density at radius 1 is 1.04 bits per heavy atom. The Morgan fingerprint density at radius 2 is 1.77 bits per heavy atom. The van der Waals surface area contributed by atoms with Crippen molar-refractivity contribution >= 4 is 21.8 Å². The highest BCUT2D eigenvalue weighted by Gasteiger charge is 2.17. The molecule has 0 radical (unpaired) electrons. The summed E-state index contributed by atoms with van der Waals surface area (Å²) in [6, 6.07) is 17.3. The van der Waals surface area contributed by atoms with E-state index in [0.717, 1.165) is 17.3 Å². The second-order valence-electron chi connectivity index (χ2n) is 6.05. The molecular formula is C19H21N3O2S2. The first-order valence-electron chi connectivity index (χ1n) is 8.16. The second kappa shape index (κ2) is 8.07. The van der Waals surface area contributed by atoms with Crippen molar-refractivity contribution in [2.45, 2.75) is 22.3 Å². The third-order valence-electron chi connectivity index (χ3n) is 3.92. The van der Waals surface area contributed by atoms with Crippen LogP contribution >= 0.6 is 11.8 Å². The summed E-state index contributed by atoms with van der Waals surface area (Å²) in [5.74, 6) is 0.655. The maximum Gasteiger partial charge on any atom is 0.242 e. The highest BCUT2D eigenvalue weighted by Crippen LogP contribution is 2.24. The fourth-order valence-electron chi connectivity index (χ4n) is 2.49. The summed E-state index contributed by atoms with van der Waals surface area (Å²) in [6.45, 7) is 0.762. The van der Waals surface area contributed by atoms with Crippen molar-refractivity contribution in [2.24, 2.45) is 0 Å². The van der Waals surface area contributed by atoms with Crippen molar-refractivity contribution in [2.75, 3.05) is 14.1 Å². The van der Waals surface area contributed by atoms with Gasteiger partial charge in [-0.25, -0.2) is 17.7 Å². The average Bonchev–Trinajstić information content (AvgIpc) is 3.08. The molecule has 0 unspecified atom stereocenters. The maximum atomic E-state index is 12.3. The summed E-state index contributed by atoms with van der Waals surface area (Å²) in [5.41, 5.74) is 2.17. The fraction of sp³-hybridized carbons (Fsp3) is 0.211. The molecular weight excluding hydrogens is 366 g/mol. The zero-order valence-electron chi connectivity index (χ0n) is 14.7. The van der Waals surface area contributed by atoms with Crippen LogP contribution in [0.5, 0.6) is 0 Å². The molecule has 0 saturated heterocycles. The number of hydrogen-bond acceptors (Lipinski definition) is 4. The lowest BCUT2D eigenvalue weighted by atomic mass is 10.2. The lowest BCUT2D eigenvalue weighted by molar-refractivity contribution is 0.520. The minimum atomic E-state index is -3.42. The third kappa shape index (κ3) is 4.35. The first kappa shape index (κ1) is 18.7. The van der Waals surface area contributed by atoms with Gasteiger partial charge in [-0.1, -0.05) is 54.2 Å². The van der Waals surface area contributed by atoms with Gasteiger partial charge in [-0.05, 0) is 23.3 Å². The average molecular weight is 388 g/mol. The van der Waals surface area contributed by atoms with E-state index in [1.165, 1.54) is 24.0 Å². The van der Waals surface area contributed by atoms with Crippen LogP contribution in [-0.2, 0) is 22.3 Å². The van der Waals surface area contributed by atoms with E-state index in [9.17, 15) is 8.42 Å². The molecule has 3 rings (SSSR count). The number of sulfonamides is 1. The maximum absolute atomic E-state index is 12.3. The number of thioether (sulfide) groups is 1. The Balaban J connectivity index is 1.72. The summed E-state index contributed by atoms with van der Waals surface area (Å²) >= 11 is 1.60. The number of benzene rings is 2. The van der Waals surface area contributed by atoms with Gasteiger partial charge in [-0.15, -0.1) is 0 Å². The van der Waals surface area contributed by atoms with E-state index >= 15 is 0 Å². The van der Waals surface area contributed by atoms with Gasteiger partial charge in [0, 0.05) is 38.8 Å². The van der Waals surface area contributed by atoms with E-state index in [0.29, 0.717) is 10.6 Å². The summed E-state index contributed by atoms with van der Waals surface area (Å²) in [6.07, 6.45) is 3.75. The van der Waals surface area contributed by atoms with Gasteiger partial charge in [0.2, 0.25) is 10.0 Å². The van der Waals surface area contributed by atoms with Crippen molar-refractivity contribution in [3.8, 4) is 0 Å². The molecule has 0 amide bonds. The highest BCUT2D eigenvalue weighted by molar-refractivity contribution is 7.98. The lowest BCUT2D eigenvalue weighted by Crippen LogP contribution is -2.22. The summed E-state index contributed by atoms with van der Waals surface area (Å²) < 4.78 is 27.9. The zero-order valence-corrected chi connectivity index (χ0v) is 16.4. The molecule has 0 aliphatic rings. The van der Waals surface area contributed by atoms with Crippen LogP contribution in [0.4, 0.5) is 0 Å². The first-order valence-corrected chi connectivity index (χ1v) is 10.6. The van der Waals surface area contributed by atoms with Gasteiger partial charge in [-0.2, -0.15) is 0 Å². The van der Waals surface area contributed by atoms with Gasteiger partial charge < -0.3 is 4.57 Å². The van der Waals surface area contributed by atoms with Crippen molar-refractivity contribution in [1.82, 2.24) is 13.9 Å². The second-order valence-corrected chi connectivity index (χ2v) is 9.14. The molecule has 0 N–H and O–H groups in total. The SMILES string of the molecule is CN(C)S(=O)(=O)c1cccc(CSc2nccn2Cc2ccccc2)c1. The van der Waals surface area contributed by atoms with E-state index in [-0.39, 0.29) is 0 Å². The molecule has 1 heterocycles.